The molecule has 0 saturated carbocycles. The van der Waals surface area contributed by atoms with Crippen molar-refractivity contribution in [3.63, 3.8) is 0 Å². The molecule has 6 rings (SSSR count). The van der Waals surface area contributed by atoms with Gasteiger partial charge < -0.3 is 48.3 Å². The smallest absolute Gasteiger partial charge is 0.255 e. The van der Waals surface area contributed by atoms with Gasteiger partial charge in [-0.25, -0.2) is 0 Å². The summed E-state index contributed by atoms with van der Waals surface area (Å²) in [5.74, 6) is 4.11. The van der Waals surface area contributed by atoms with Gasteiger partial charge in [-0.15, -0.1) is 0 Å². The van der Waals surface area contributed by atoms with Crippen molar-refractivity contribution < 1.29 is 42.5 Å². The number of hydrogen-bond acceptors (Lipinski definition) is 11. The van der Waals surface area contributed by atoms with Gasteiger partial charge in [0.15, 0.2) is 40.3 Å². The molecule has 2 heterocycles. The Bertz CT molecular complexity index is 2020. The maximum Gasteiger partial charge on any atom is 0.255 e. The quantitative estimate of drug-likeness (QED) is 0.107. The maximum atomic E-state index is 12.6. The molecule has 5 aromatic rings. The average molecular weight is 694 g/mol. The summed E-state index contributed by atoms with van der Waals surface area (Å²) in [6.45, 7) is 4.76. The molecule has 12 nitrogen and oxygen atoms in total. The van der Waals surface area contributed by atoms with Crippen molar-refractivity contribution in [2.24, 2.45) is 0 Å². The molecule has 0 radical (unpaired) electrons. The third-order valence-corrected chi connectivity index (χ3v) is 8.33. The molecule has 1 amide bonds. The molecule has 1 atom stereocenters. The number of amides is 1. The van der Waals surface area contributed by atoms with Crippen LogP contribution in [-0.2, 0) is 0 Å². The summed E-state index contributed by atoms with van der Waals surface area (Å²) in [6, 6.07) is 23.9. The molecule has 0 saturated heterocycles. The van der Waals surface area contributed by atoms with E-state index in [4.69, 9.17) is 37.7 Å². The van der Waals surface area contributed by atoms with Crippen molar-refractivity contribution in [2.45, 2.75) is 12.6 Å². The van der Waals surface area contributed by atoms with E-state index < -0.39 is 6.17 Å². The van der Waals surface area contributed by atoms with Crippen LogP contribution in [0.4, 0.5) is 5.69 Å². The summed E-state index contributed by atoms with van der Waals surface area (Å²) in [6.07, 6.45) is 0.115. The second-order valence-electron chi connectivity index (χ2n) is 11.5. The molecule has 0 spiro atoms. The number of nitrogens with one attached hydrogen (secondary N) is 2. The van der Waals surface area contributed by atoms with Crippen LogP contribution in [0.3, 0.4) is 0 Å². The van der Waals surface area contributed by atoms with Crippen molar-refractivity contribution >= 4 is 11.6 Å². The number of nitrogens with zero attached hydrogens (tertiary/aromatic N) is 1. The molecule has 0 fully saturated rings. The highest BCUT2D eigenvalue weighted by Crippen LogP contribution is 2.42. The number of rotatable bonds is 15. The SMILES string of the molecule is C=C(CCOc1cc(-c2cc(-c3cc(OC)c(OC)c(OC)c3)no2)ccc1OC)COc1ccc(C2NC(=O)c3ccccc3N2)cc1OC. The monoisotopic (exact) mass is 693 g/mol. The van der Waals surface area contributed by atoms with E-state index >= 15 is 0 Å². The number of anilines is 1. The van der Waals surface area contributed by atoms with E-state index in [2.05, 4.69) is 22.4 Å². The zero-order valence-electron chi connectivity index (χ0n) is 29.0. The molecule has 51 heavy (non-hydrogen) atoms. The van der Waals surface area contributed by atoms with Crippen molar-refractivity contribution in [2.75, 3.05) is 54.1 Å². The lowest BCUT2D eigenvalue weighted by molar-refractivity contribution is 0.0935. The van der Waals surface area contributed by atoms with Gasteiger partial charge in [0.2, 0.25) is 5.75 Å². The zero-order chi connectivity index (χ0) is 35.9. The first-order valence-electron chi connectivity index (χ1n) is 16.1. The number of aromatic nitrogens is 1. The van der Waals surface area contributed by atoms with Crippen LogP contribution in [0.2, 0.25) is 0 Å². The minimum Gasteiger partial charge on any atom is -0.493 e. The Morgan fingerprint density at radius 1 is 0.725 bits per heavy atom. The Morgan fingerprint density at radius 3 is 2.16 bits per heavy atom. The molecule has 0 aliphatic carbocycles. The van der Waals surface area contributed by atoms with Gasteiger partial charge in [0, 0.05) is 29.3 Å². The first kappa shape index (κ1) is 34.6. The van der Waals surface area contributed by atoms with Crippen LogP contribution in [0.15, 0.2) is 95.5 Å². The van der Waals surface area contributed by atoms with Gasteiger partial charge in [-0.2, -0.15) is 0 Å². The second-order valence-corrected chi connectivity index (χ2v) is 11.5. The first-order chi connectivity index (χ1) is 24.8. The van der Waals surface area contributed by atoms with Gasteiger partial charge in [0.25, 0.3) is 5.91 Å². The van der Waals surface area contributed by atoms with Crippen molar-refractivity contribution in [3.8, 4) is 62.8 Å². The molecule has 1 aliphatic heterocycles. The van der Waals surface area contributed by atoms with Gasteiger partial charge in [0.1, 0.15) is 18.5 Å². The number of carbonyl (C=O) groups is 1. The Kier molecular flexibility index (Phi) is 10.5. The summed E-state index contributed by atoms with van der Waals surface area (Å²) >= 11 is 0. The van der Waals surface area contributed by atoms with Crippen LogP contribution < -0.4 is 43.8 Å². The maximum absolute atomic E-state index is 12.6. The Hall–Kier alpha value is -6.30. The molecule has 0 bridgehead atoms. The molecule has 1 aromatic heterocycles. The Balaban J connectivity index is 1.06. The van der Waals surface area contributed by atoms with Crippen LogP contribution in [0.1, 0.15) is 28.5 Å². The van der Waals surface area contributed by atoms with Crippen molar-refractivity contribution in [3.05, 3.63) is 102 Å². The standard InChI is InChI=1S/C39H39N3O9/c1-23(22-50-31-14-12-25(18-33(31)45-3)38-40-28-10-8-7-9-27(28)39(43)41-38)15-16-49-34-17-24(11-13-30(34)44-2)32-21-29(42-51-32)26-19-35(46-4)37(48-6)36(20-26)47-5/h7-14,17-21,38,40H,1,15-16,22H2,2-6H3,(H,41,43). The van der Waals surface area contributed by atoms with E-state index in [1.165, 1.54) is 0 Å². The Labute approximate surface area is 295 Å². The van der Waals surface area contributed by atoms with Gasteiger partial charge >= 0.3 is 0 Å². The number of para-hydroxylation sites is 1. The van der Waals surface area contributed by atoms with Crippen LogP contribution >= 0.6 is 0 Å². The molecular weight excluding hydrogens is 654 g/mol. The number of benzene rings is 4. The van der Waals surface area contributed by atoms with Crippen LogP contribution in [-0.4, -0.2) is 59.8 Å². The second kappa shape index (κ2) is 15.5. The van der Waals surface area contributed by atoms with Crippen molar-refractivity contribution in [1.82, 2.24) is 10.5 Å². The molecule has 1 aliphatic rings. The van der Waals surface area contributed by atoms with E-state index in [1.807, 2.05) is 72.8 Å². The molecular formula is C39H39N3O9. The third-order valence-electron chi connectivity index (χ3n) is 8.33. The number of hydrogen-bond donors (Lipinski definition) is 2. The molecule has 12 heteroatoms. The van der Waals surface area contributed by atoms with E-state index in [-0.39, 0.29) is 12.5 Å². The fraction of sp³-hybridized carbons (Fsp3) is 0.231. The fourth-order valence-corrected chi connectivity index (χ4v) is 5.63. The zero-order valence-corrected chi connectivity index (χ0v) is 29.0. The lowest BCUT2D eigenvalue weighted by Crippen LogP contribution is -2.38. The first-order valence-corrected chi connectivity index (χ1v) is 16.1. The highest BCUT2D eigenvalue weighted by molar-refractivity contribution is 6.01. The van der Waals surface area contributed by atoms with E-state index in [0.717, 1.165) is 28.0 Å². The predicted molar refractivity (Wildman–Crippen MR) is 192 cm³/mol. The fourth-order valence-electron chi connectivity index (χ4n) is 5.63. The topological polar surface area (TPSA) is 132 Å². The van der Waals surface area contributed by atoms with E-state index in [0.29, 0.717) is 70.3 Å². The highest BCUT2D eigenvalue weighted by Gasteiger charge is 2.25. The van der Waals surface area contributed by atoms with E-state index in [1.54, 1.807) is 41.6 Å². The number of ether oxygens (including phenoxy) is 7. The summed E-state index contributed by atoms with van der Waals surface area (Å²) in [5.41, 5.74) is 5.10. The molecule has 1 unspecified atom stereocenters. The Morgan fingerprint density at radius 2 is 1.43 bits per heavy atom. The third kappa shape index (κ3) is 7.49. The summed E-state index contributed by atoms with van der Waals surface area (Å²) in [7, 11) is 7.83. The summed E-state index contributed by atoms with van der Waals surface area (Å²) in [4.78, 5) is 12.6. The highest BCUT2D eigenvalue weighted by atomic mass is 16.5. The largest absolute Gasteiger partial charge is 0.493 e. The molecule has 264 valence electrons. The predicted octanol–water partition coefficient (Wildman–Crippen LogP) is 7.31. The molecule has 2 N–H and O–H groups in total. The van der Waals surface area contributed by atoms with Crippen LogP contribution in [0, 0.1) is 0 Å². The number of carbonyl (C=O) groups excluding carboxylic acids is 1. The molecule has 4 aromatic carbocycles. The normalized spacial score (nSPS) is 13.3. The van der Waals surface area contributed by atoms with Crippen LogP contribution in [0.25, 0.3) is 22.6 Å². The van der Waals surface area contributed by atoms with Gasteiger partial charge in [0.05, 0.1) is 47.7 Å². The average Bonchev–Trinajstić information content (AvgIpc) is 3.67. The van der Waals surface area contributed by atoms with Crippen molar-refractivity contribution in [1.29, 1.82) is 0 Å². The number of methoxy groups -OCH3 is 5. The minimum absolute atomic E-state index is 0.143. The van der Waals surface area contributed by atoms with Crippen LogP contribution in [0.5, 0.6) is 40.2 Å². The van der Waals surface area contributed by atoms with Gasteiger partial charge in [-0.3, -0.25) is 4.79 Å². The summed E-state index contributed by atoms with van der Waals surface area (Å²) < 4.78 is 45.5. The minimum atomic E-state index is -0.411. The van der Waals surface area contributed by atoms with Gasteiger partial charge in [-0.1, -0.05) is 29.9 Å². The van der Waals surface area contributed by atoms with E-state index in [9.17, 15) is 4.79 Å². The number of fused-ring (bicyclic) bond motifs is 1. The lowest BCUT2D eigenvalue weighted by atomic mass is 10.1. The summed E-state index contributed by atoms with van der Waals surface area (Å²) in [5, 5.41) is 10.6. The van der Waals surface area contributed by atoms with Gasteiger partial charge in [-0.05, 0) is 65.7 Å². The lowest BCUT2D eigenvalue weighted by Gasteiger charge is -2.28.